The molecule has 28 heavy (non-hydrogen) atoms. The van der Waals surface area contributed by atoms with Gasteiger partial charge in [-0.15, -0.1) is 0 Å². The molecular formula is C20H23ClN2O5. The molecule has 1 fully saturated rings. The number of amides is 1. The highest BCUT2D eigenvalue weighted by Crippen LogP contribution is 2.38. The monoisotopic (exact) mass is 406 g/mol. The summed E-state index contributed by atoms with van der Waals surface area (Å²) in [5.41, 5.74) is 0.470. The molecule has 1 aromatic carbocycles. The fraction of sp³-hybridized carbons (Fsp3) is 0.400. The van der Waals surface area contributed by atoms with Crippen molar-refractivity contribution in [2.75, 3.05) is 34.4 Å². The van der Waals surface area contributed by atoms with Crippen LogP contribution in [0.2, 0.25) is 5.02 Å². The molecule has 0 radical (unpaired) electrons. The fourth-order valence-electron chi connectivity index (χ4n) is 3.24. The van der Waals surface area contributed by atoms with Gasteiger partial charge in [-0.2, -0.15) is 0 Å². The van der Waals surface area contributed by atoms with Gasteiger partial charge >= 0.3 is 0 Å². The molecule has 2 heterocycles. The van der Waals surface area contributed by atoms with Crippen LogP contribution in [0.15, 0.2) is 30.6 Å². The number of nitrogens with zero attached hydrogens (tertiary/aromatic N) is 2. The molecule has 0 bridgehead atoms. The van der Waals surface area contributed by atoms with E-state index in [4.69, 9.17) is 30.5 Å². The van der Waals surface area contributed by atoms with E-state index in [1.165, 1.54) is 21.3 Å². The van der Waals surface area contributed by atoms with Crippen LogP contribution in [0.25, 0.3) is 0 Å². The van der Waals surface area contributed by atoms with Crippen LogP contribution >= 0.6 is 11.6 Å². The van der Waals surface area contributed by atoms with Crippen LogP contribution < -0.4 is 18.9 Å². The number of ether oxygens (including phenoxy) is 4. The van der Waals surface area contributed by atoms with Crippen LogP contribution in [0, 0.1) is 0 Å². The van der Waals surface area contributed by atoms with Gasteiger partial charge in [-0.1, -0.05) is 11.6 Å². The zero-order valence-corrected chi connectivity index (χ0v) is 16.9. The Kier molecular flexibility index (Phi) is 6.46. The van der Waals surface area contributed by atoms with E-state index in [9.17, 15) is 4.79 Å². The van der Waals surface area contributed by atoms with Crippen LogP contribution in [0.3, 0.4) is 0 Å². The predicted octanol–water partition coefficient (Wildman–Crippen LogP) is 3.44. The highest BCUT2D eigenvalue weighted by atomic mass is 35.5. The first kappa shape index (κ1) is 20.1. The fourth-order valence-corrected chi connectivity index (χ4v) is 3.41. The van der Waals surface area contributed by atoms with Crippen LogP contribution in [0.5, 0.6) is 23.0 Å². The summed E-state index contributed by atoms with van der Waals surface area (Å²) in [4.78, 5) is 18.8. The van der Waals surface area contributed by atoms with Crippen molar-refractivity contribution in [2.24, 2.45) is 0 Å². The number of aromatic nitrogens is 1. The third kappa shape index (κ3) is 4.25. The summed E-state index contributed by atoms with van der Waals surface area (Å²) in [6.45, 7) is 1.12. The van der Waals surface area contributed by atoms with Crippen molar-refractivity contribution in [3.63, 3.8) is 0 Å². The van der Waals surface area contributed by atoms with Crippen molar-refractivity contribution < 1.29 is 23.7 Å². The van der Waals surface area contributed by atoms with Crippen molar-refractivity contribution in [1.29, 1.82) is 0 Å². The Balaban J connectivity index is 1.78. The summed E-state index contributed by atoms with van der Waals surface area (Å²) in [6, 6.07) is 5.05. The summed E-state index contributed by atoms with van der Waals surface area (Å²) in [6.07, 6.45) is 4.71. The Morgan fingerprint density at radius 3 is 2.46 bits per heavy atom. The molecule has 1 amide bonds. The lowest BCUT2D eigenvalue weighted by atomic mass is 10.1. The van der Waals surface area contributed by atoms with Crippen LogP contribution in [-0.4, -0.2) is 56.3 Å². The van der Waals surface area contributed by atoms with Crippen molar-refractivity contribution in [2.45, 2.75) is 18.9 Å². The van der Waals surface area contributed by atoms with Gasteiger partial charge in [0.15, 0.2) is 11.5 Å². The van der Waals surface area contributed by atoms with Crippen molar-refractivity contribution in [3.05, 3.63) is 41.2 Å². The zero-order valence-electron chi connectivity index (χ0n) is 16.1. The third-order valence-corrected chi connectivity index (χ3v) is 4.89. The Morgan fingerprint density at radius 1 is 1.14 bits per heavy atom. The SMILES string of the molecule is COc1cc(C(=O)N2CCC[C@H](Oc3ccncc3Cl)C2)cc(OC)c1OC. The van der Waals surface area contributed by atoms with Gasteiger partial charge in [0.05, 0.1) is 27.9 Å². The van der Waals surface area contributed by atoms with E-state index in [0.29, 0.717) is 46.7 Å². The molecule has 1 aliphatic heterocycles. The smallest absolute Gasteiger partial charge is 0.254 e. The zero-order chi connectivity index (χ0) is 20.1. The number of methoxy groups -OCH3 is 3. The molecular weight excluding hydrogens is 384 g/mol. The average molecular weight is 407 g/mol. The maximum atomic E-state index is 13.1. The molecule has 1 saturated heterocycles. The number of likely N-dealkylation sites (tertiary alicyclic amines) is 1. The first-order chi connectivity index (χ1) is 13.6. The highest BCUT2D eigenvalue weighted by Gasteiger charge is 2.27. The summed E-state index contributed by atoms with van der Waals surface area (Å²) >= 11 is 6.13. The van der Waals surface area contributed by atoms with E-state index in [-0.39, 0.29) is 12.0 Å². The first-order valence-corrected chi connectivity index (χ1v) is 9.30. The largest absolute Gasteiger partial charge is 0.493 e. The minimum atomic E-state index is -0.139. The molecule has 1 aromatic heterocycles. The Bertz CT molecular complexity index is 820. The van der Waals surface area contributed by atoms with E-state index in [1.807, 2.05) is 0 Å². The second-order valence-electron chi connectivity index (χ2n) is 6.35. The molecule has 1 atom stereocenters. The summed E-state index contributed by atoms with van der Waals surface area (Å²) < 4.78 is 22.0. The minimum absolute atomic E-state index is 0.117. The number of halogens is 1. The molecule has 0 N–H and O–H groups in total. The molecule has 0 saturated carbocycles. The van der Waals surface area contributed by atoms with E-state index < -0.39 is 0 Å². The normalized spacial score (nSPS) is 16.4. The number of carbonyl (C=O) groups is 1. The maximum Gasteiger partial charge on any atom is 0.254 e. The van der Waals surface area contributed by atoms with Crippen molar-refractivity contribution in [3.8, 4) is 23.0 Å². The van der Waals surface area contributed by atoms with E-state index >= 15 is 0 Å². The van der Waals surface area contributed by atoms with Gasteiger partial charge < -0.3 is 23.8 Å². The van der Waals surface area contributed by atoms with E-state index in [0.717, 1.165) is 12.8 Å². The number of benzene rings is 1. The molecule has 8 heteroatoms. The number of piperidine rings is 1. The summed E-state index contributed by atoms with van der Waals surface area (Å²) in [5, 5.41) is 0.454. The maximum absolute atomic E-state index is 13.1. The lowest BCUT2D eigenvalue weighted by Crippen LogP contribution is -2.44. The van der Waals surface area contributed by atoms with Crippen LogP contribution in [0.4, 0.5) is 0 Å². The third-order valence-electron chi connectivity index (χ3n) is 4.61. The standard InChI is InChI=1S/C20H23ClN2O5/c1-25-17-9-13(10-18(26-2)19(17)27-3)20(24)23-8-4-5-14(12-23)28-16-6-7-22-11-15(16)21/h6-7,9-11,14H,4-5,8,12H2,1-3H3/t14-/m0/s1. The molecule has 150 valence electrons. The number of hydrogen-bond acceptors (Lipinski definition) is 6. The number of pyridine rings is 1. The Hall–Kier alpha value is -2.67. The lowest BCUT2D eigenvalue weighted by Gasteiger charge is -2.33. The number of hydrogen-bond donors (Lipinski definition) is 0. The van der Waals surface area contributed by atoms with Gasteiger partial charge in [0.1, 0.15) is 16.9 Å². The van der Waals surface area contributed by atoms with E-state index in [1.54, 1.807) is 35.5 Å². The van der Waals surface area contributed by atoms with Gasteiger partial charge in [-0.25, -0.2) is 0 Å². The molecule has 0 unspecified atom stereocenters. The molecule has 0 aliphatic carbocycles. The topological polar surface area (TPSA) is 70.1 Å². The number of carbonyl (C=O) groups excluding carboxylic acids is 1. The van der Waals surface area contributed by atoms with Crippen LogP contribution in [-0.2, 0) is 0 Å². The molecule has 0 spiro atoms. The van der Waals surface area contributed by atoms with Crippen molar-refractivity contribution >= 4 is 17.5 Å². The minimum Gasteiger partial charge on any atom is -0.493 e. The Morgan fingerprint density at radius 2 is 1.86 bits per heavy atom. The van der Waals surface area contributed by atoms with Gasteiger partial charge in [-0.3, -0.25) is 9.78 Å². The summed E-state index contributed by atoms with van der Waals surface area (Å²) in [5.74, 6) is 1.79. The van der Waals surface area contributed by atoms with Gasteiger partial charge in [0.25, 0.3) is 5.91 Å². The second-order valence-corrected chi connectivity index (χ2v) is 6.76. The van der Waals surface area contributed by atoms with Gasteiger partial charge in [-0.05, 0) is 25.0 Å². The van der Waals surface area contributed by atoms with Crippen molar-refractivity contribution in [1.82, 2.24) is 9.88 Å². The molecule has 7 nitrogen and oxygen atoms in total. The molecule has 2 aromatic rings. The number of rotatable bonds is 6. The van der Waals surface area contributed by atoms with Gasteiger partial charge in [0, 0.05) is 30.6 Å². The first-order valence-electron chi connectivity index (χ1n) is 8.92. The Labute approximate surface area is 169 Å². The highest BCUT2D eigenvalue weighted by molar-refractivity contribution is 6.31. The van der Waals surface area contributed by atoms with E-state index in [2.05, 4.69) is 4.98 Å². The quantitative estimate of drug-likeness (QED) is 0.731. The summed E-state index contributed by atoms with van der Waals surface area (Å²) in [7, 11) is 4.57. The lowest BCUT2D eigenvalue weighted by molar-refractivity contribution is 0.0537. The van der Waals surface area contributed by atoms with Crippen LogP contribution in [0.1, 0.15) is 23.2 Å². The second kappa shape index (κ2) is 9.01. The molecule has 3 rings (SSSR count). The predicted molar refractivity (Wildman–Crippen MR) is 105 cm³/mol. The van der Waals surface area contributed by atoms with Gasteiger partial charge in [0.2, 0.25) is 5.75 Å². The molecule has 1 aliphatic rings. The average Bonchev–Trinajstić information content (AvgIpc) is 2.73.